The van der Waals surface area contributed by atoms with Crippen LogP contribution in [0.1, 0.15) is 12.8 Å². The number of imide groups is 2. The van der Waals surface area contributed by atoms with Crippen molar-refractivity contribution in [2.45, 2.75) is 18.9 Å². The molecule has 6 heteroatoms. The Hall–Kier alpha value is -1.95. The molecule has 2 N–H and O–H groups in total. The standard InChI is InChI=1S/C11H12N2O4/c14-9-8(10(15)13-11(16)12-9)5-1-3-7-4-2-6-17-7/h1,3,5,7H,2,4,6H2,(H2,12,13,14,15,16)/b3-1+. The summed E-state index contributed by atoms with van der Waals surface area (Å²) < 4.78 is 5.34. The van der Waals surface area contributed by atoms with Crippen LogP contribution in [0.3, 0.4) is 0 Å². The van der Waals surface area contributed by atoms with Crippen molar-refractivity contribution in [2.24, 2.45) is 0 Å². The first-order valence-corrected chi connectivity index (χ1v) is 5.33. The van der Waals surface area contributed by atoms with Crippen molar-refractivity contribution in [3.8, 4) is 0 Å². The average molecular weight is 236 g/mol. The maximum absolute atomic E-state index is 11.3. The molecule has 4 amide bonds. The van der Waals surface area contributed by atoms with E-state index in [0.29, 0.717) is 0 Å². The molecule has 1 atom stereocenters. The Kier molecular flexibility index (Phi) is 3.34. The summed E-state index contributed by atoms with van der Waals surface area (Å²) in [6.45, 7) is 0.737. The second kappa shape index (κ2) is 4.92. The lowest BCUT2D eigenvalue weighted by molar-refractivity contribution is -0.124. The third kappa shape index (κ3) is 2.79. The largest absolute Gasteiger partial charge is 0.374 e. The van der Waals surface area contributed by atoms with E-state index in [4.69, 9.17) is 4.74 Å². The summed E-state index contributed by atoms with van der Waals surface area (Å²) in [7, 11) is 0. The number of carbonyl (C=O) groups is 3. The number of ether oxygens (including phenoxy) is 1. The Labute approximate surface area is 97.7 Å². The maximum atomic E-state index is 11.3. The minimum absolute atomic E-state index is 0.0446. The van der Waals surface area contributed by atoms with E-state index in [0.717, 1.165) is 19.4 Å². The predicted molar refractivity (Wildman–Crippen MR) is 57.9 cm³/mol. The van der Waals surface area contributed by atoms with Gasteiger partial charge in [-0.05, 0) is 18.9 Å². The lowest BCUT2D eigenvalue weighted by Gasteiger charge is -2.13. The molecule has 0 aromatic rings. The van der Waals surface area contributed by atoms with Crippen molar-refractivity contribution >= 4 is 17.8 Å². The highest BCUT2D eigenvalue weighted by atomic mass is 16.5. The molecule has 0 aliphatic carbocycles. The number of hydrogen-bond acceptors (Lipinski definition) is 4. The van der Waals surface area contributed by atoms with Gasteiger partial charge in [0, 0.05) is 6.61 Å². The molecule has 0 aromatic heterocycles. The first kappa shape index (κ1) is 11.5. The molecular formula is C11H12N2O4. The van der Waals surface area contributed by atoms with Gasteiger partial charge in [-0.25, -0.2) is 4.79 Å². The van der Waals surface area contributed by atoms with E-state index in [1.165, 1.54) is 6.08 Å². The average Bonchev–Trinajstić information content (AvgIpc) is 2.74. The second-order valence-electron chi connectivity index (χ2n) is 3.75. The van der Waals surface area contributed by atoms with Gasteiger partial charge in [-0.1, -0.05) is 12.2 Å². The van der Waals surface area contributed by atoms with Gasteiger partial charge in [0.05, 0.1) is 6.10 Å². The zero-order valence-electron chi connectivity index (χ0n) is 9.06. The molecular weight excluding hydrogens is 224 g/mol. The monoisotopic (exact) mass is 236 g/mol. The Morgan fingerprint density at radius 2 is 1.88 bits per heavy atom. The lowest BCUT2D eigenvalue weighted by atomic mass is 10.1. The highest BCUT2D eigenvalue weighted by Gasteiger charge is 2.26. The van der Waals surface area contributed by atoms with Crippen LogP contribution in [0, 0.1) is 0 Å². The first-order valence-electron chi connectivity index (χ1n) is 5.33. The molecule has 17 heavy (non-hydrogen) atoms. The lowest BCUT2D eigenvalue weighted by Crippen LogP contribution is -2.51. The third-order valence-electron chi connectivity index (χ3n) is 2.50. The van der Waals surface area contributed by atoms with E-state index >= 15 is 0 Å². The number of rotatable bonds is 2. The smallest absolute Gasteiger partial charge is 0.328 e. The first-order chi connectivity index (χ1) is 8.16. The number of nitrogens with one attached hydrogen (secondary N) is 2. The van der Waals surface area contributed by atoms with Gasteiger partial charge in [-0.2, -0.15) is 0 Å². The molecule has 2 aliphatic rings. The van der Waals surface area contributed by atoms with Crippen LogP contribution < -0.4 is 10.6 Å². The predicted octanol–water partition coefficient (Wildman–Crippen LogP) is 0.0140. The van der Waals surface area contributed by atoms with E-state index in [2.05, 4.69) is 0 Å². The summed E-state index contributed by atoms with van der Waals surface area (Å²) in [5.74, 6) is -1.37. The fraction of sp³-hybridized carbons (Fsp3) is 0.364. The summed E-state index contributed by atoms with van der Waals surface area (Å²) in [4.78, 5) is 33.4. The summed E-state index contributed by atoms with van der Waals surface area (Å²) in [5, 5.41) is 3.99. The maximum Gasteiger partial charge on any atom is 0.328 e. The molecule has 2 heterocycles. The molecule has 2 saturated heterocycles. The molecule has 2 fully saturated rings. The van der Waals surface area contributed by atoms with Crippen molar-refractivity contribution < 1.29 is 19.1 Å². The van der Waals surface area contributed by atoms with E-state index in [1.807, 2.05) is 10.6 Å². The molecule has 0 spiro atoms. The van der Waals surface area contributed by atoms with E-state index < -0.39 is 17.8 Å². The van der Waals surface area contributed by atoms with Crippen LogP contribution >= 0.6 is 0 Å². The minimum atomic E-state index is -0.791. The van der Waals surface area contributed by atoms with E-state index in [-0.39, 0.29) is 11.7 Å². The number of hydrogen-bond donors (Lipinski definition) is 2. The topological polar surface area (TPSA) is 84.5 Å². The quantitative estimate of drug-likeness (QED) is 0.522. The number of carbonyl (C=O) groups excluding carboxylic acids is 3. The van der Waals surface area contributed by atoms with Crippen LogP contribution in [-0.2, 0) is 14.3 Å². The molecule has 0 bridgehead atoms. The Balaban J connectivity index is 2.02. The highest BCUT2D eigenvalue weighted by molar-refractivity contribution is 6.28. The van der Waals surface area contributed by atoms with Gasteiger partial charge < -0.3 is 4.74 Å². The summed E-state index contributed by atoms with van der Waals surface area (Å²) in [6, 6.07) is -0.791. The van der Waals surface area contributed by atoms with Gasteiger partial charge in [0.1, 0.15) is 5.57 Å². The Morgan fingerprint density at radius 3 is 2.47 bits per heavy atom. The number of allylic oxidation sites excluding steroid dienone is 2. The zero-order valence-corrected chi connectivity index (χ0v) is 9.06. The van der Waals surface area contributed by atoms with Crippen molar-refractivity contribution in [1.29, 1.82) is 0 Å². The Bertz CT molecular complexity index is 397. The fourth-order valence-corrected chi connectivity index (χ4v) is 1.66. The molecule has 6 nitrogen and oxygen atoms in total. The molecule has 0 saturated carbocycles. The van der Waals surface area contributed by atoms with Gasteiger partial charge in [-0.15, -0.1) is 0 Å². The molecule has 90 valence electrons. The van der Waals surface area contributed by atoms with Gasteiger partial charge in [-0.3, -0.25) is 20.2 Å². The molecule has 1 unspecified atom stereocenters. The minimum Gasteiger partial charge on any atom is -0.374 e. The normalized spacial score (nSPS) is 25.1. The van der Waals surface area contributed by atoms with Crippen molar-refractivity contribution in [1.82, 2.24) is 10.6 Å². The zero-order chi connectivity index (χ0) is 12.3. The van der Waals surface area contributed by atoms with Crippen molar-refractivity contribution in [3.05, 3.63) is 23.8 Å². The van der Waals surface area contributed by atoms with Crippen LogP contribution in [0.5, 0.6) is 0 Å². The van der Waals surface area contributed by atoms with Crippen molar-refractivity contribution in [2.75, 3.05) is 6.61 Å². The number of urea groups is 1. The highest BCUT2D eigenvalue weighted by Crippen LogP contribution is 2.13. The summed E-state index contributed by atoms with van der Waals surface area (Å²) in [5.41, 5.74) is -0.0844. The van der Waals surface area contributed by atoms with E-state index in [1.54, 1.807) is 12.2 Å². The van der Waals surface area contributed by atoms with Crippen LogP contribution in [0.25, 0.3) is 0 Å². The number of amides is 4. The van der Waals surface area contributed by atoms with Crippen molar-refractivity contribution in [3.63, 3.8) is 0 Å². The molecule has 0 aromatic carbocycles. The van der Waals surface area contributed by atoms with Crippen LogP contribution in [0.15, 0.2) is 23.8 Å². The molecule has 2 rings (SSSR count). The van der Waals surface area contributed by atoms with Crippen LogP contribution in [0.4, 0.5) is 4.79 Å². The van der Waals surface area contributed by atoms with Gasteiger partial charge in [0.25, 0.3) is 11.8 Å². The third-order valence-corrected chi connectivity index (χ3v) is 2.50. The summed E-state index contributed by atoms with van der Waals surface area (Å²) >= 11 is 0. The summed E-state index contributed by atoms with van der Waals surface area (Å²) in [6.07, 6.45) is 6.76. The second-order valence-corrected chi connectivity index (χ2v) is 3.75. The molecule has 2 aliphatic heterocycles. The molecule has 0 radical (unpaired) electrons. The van der Waals surface area contributed by atoms with Gasteiger partial charge >= 0.3 is 6.03 Å². The van der Waals surface area contributed by atoms with E-state index in [9.17, 15) is 14.4 Å². The number of barbiturate groups is 1. The van der Waals surface area contributed by atoms with Gasteiger partial charge in [0.15, 0.2) is 0 Å². The van der Waals surface area contributed by atoms with Crippen LogP contribution in [-0.4, -0.2) is 30.6 Å². The fourth-order valence-electron chi connectivity index (χ4n) is 1.66. The van der Waals surface area contributed by atoms with Gasteiger partial charge in [0.2, 0.25) is 0 Å². The Morgan fingerprint density at radius 1 is 1.18 bits per heavy atom. The SMILES string of the molecule is O=C1NC(=O)C(=C/C=C/C2CCCO2)C(=O)N1. The van der Waals surface area contributed by atoms with Crippen LogP contribution in [0.2, 0.25) is 0 Å².